The third-order valence-electron chi connectivity index (χ3n) is 5.41. The molecule has 4 N–H and O–H groups in total. The molecular formula is C25H28F2N4O2. The van der Waals surface area contributed by atoms with Crippen LogP contribution in [0, 0.1) is 11.6 Å². The number of carbonyl (C=O) groups excluding carboxylic acids is 1. The minimum Gasteiger partial charge on any atom is -0.378 e. The van der Waals surface area contributed by atoms with Crippen LogP contribution in [-0.4, -0.2) is 27.3 Å². The number of amides is 1. The van der Waals surface area contributed by atoms with E-state index < -0.39 is 29.7 Å². The molecule has 0 fully saturated rings. The lowest BCUT2D eigenvalue weighted by atomic mass is 9.83. The van der Waals surface area contributed by atoms with Gasteiger partial charge >= 0.3 is 0 Å². The fraction of sp³-hybridized carbons (Fsp3) is 0.280. The highest BCUT2D eigenvalue weighted by Crippen LogP contribution is 2.28. The maximum Gasteiger partial charge on any atom is 0.254 e. The van der Waals surface area contributed by atoms with Crippen LogP contribution in [0.5, 0.6) is 0 Å². The molecule has 0 unspecified atom stereocenters. The van der Waals surface area contributed by atoms with Gasteiger partial charge in [-0.1, -0.05) is 50.8 Å². The van der Waals surface area contributed by atoms with Gasteiger partial charge in [0.05, 0.1) is 6.04 Å². The van der Waals surface area contributed by atoms with E-state index in [0.717, 1.165) is 24.2 Å². The fourth-order valence-corrected chi connectivity index (χ4v) is 3.47. The fourth-order valence-electron chi connectivity index (χ4n) is 3.47. The van der Waals surface area contributed by atoms with Crippen LogP contribution in [0.2, 0.25) is 0 Å². The molecule has 0 saturated heterocycles. The van der Waals surface area contributed by atoms with E-state index in [4.69, 9.17) is 0 Å². The molecule has 0 spiro atoms. The molecule has 2 atom stereocenters. The van der Waals surface area contributed by atoms with E-state index in [1.165, 1.54) is 5.56 Å². The molecule has 0 bridgehead atoms. The number of aromatic nitrogens is 2. The number of nitrogens with zero attached hydrogens (tertiary/aromatic N) is 1. The lowest BCUT2D eigenvalue weighted by Crippen LogP contribution is -2.38. The maximum absolute atomic E-state index is 13.4. The summed E-state index contributed by atoms with van der Waals surface area (Å²) in [6, 6.07) is 13.9. The highest BCUT2D eigenvalue weighted by atomic mass is 19.1. The smallest absolute Gasteiger partial charge is 0.254 e. The van der Waals surface area contributed by atoms with Crippen molar-refractivity contribution in [2.24, 2.45) is 0 Å². The first-order valence-electron chi connectivity index (χ1n) is 10.6. The van der Waals surface area contributed by atoms with Gasteiger partial charge < -0.3 is 15.7 Å². The monoisotopic (exact) mass is 454 g/mol. The van der Waals surface area contributed by atoms with Crippen molar-refractivity contribution in [2.75, 3.05) is 5.32 Å². The van der Waals surface area contributed by atoms with Crippen LogP contribution in [0.1, 0.15) is 43.7 Å². The molecule has 6 nitrogen and oxygen atoms in total. The Labute approximate surface area is 191 Å². The van der Waals surface area contributed by atoms with E-state index >= 15 is 0 Å². The number of benzene rings is 2. The highest BCUT2D eigenvalue weighted by Gasteiger charge is 2.25. The Balaban J connectivity index is 1.59. The van der Waals surface area contributed by atoms with E-state index in [9.17, 15) is 18.7 Å². The van der Waals surface area contributed by atoms with Gasteiger partial charge in [0.2, 0.25) is 0 Å². The van der Waals surface area contributed by atoms with E-state index in [-0.39, 0.29) is 11.0 Å². The van der Waals surface area contributed by atoms with Crippen LogP contribution in [0.25, 0.3) is 0 Å². The lowest BCUT2D eigenvalue weighted by molar-refractivity contribution is -0.130. The van der Waals surface area contributed by atoms with Crippen LogP contribution in [-0.2, 0) is 16.6 Å². The third-order valence-corrected chi connectivity index (χ3v) is 5.41. The summed E-state index contributed by atoms with van der Waals surface area (Å²) in [5.74, 6) is -2.02. The first-order valence-corrected chi connectivity index (χ1v) is 10.6. The summed E-state index contributed by atoms with van der Waals surface area (Å²) >= 11 is 0. The Morgan fingerprint density at radius 2 is 1.79 bits per heavy atom. The summed E-state index contributed by atoms with van der Waals surface area (Å²) in [6.07, 6.45) is -0.900. The topological polar surface area (TPSA) is 90.0 Å². The molecule has 0 aliphatic heterocycles. The third kappa shape index (κ3) is 6.26. The average Bonchev–Trinajstić information content (AvgIpc) is 3.22. The van der Waals surface area contributed by atoms with Crippen molar-refractivity contribution < 1.29 is 18.7 Å². The molecule has 0 aliphatic rings. The summed E-state index contributed by atoms with van der Waals surface area (Å²) in [5.41, 5.74) is 2.21. The first kappa shape index (κ1) is 24.1. The second-order valence-electron chi connectivity index (χ2n) is 8.70. The minimum atomic E-state index is -1.72. The summed E-state index contributed by atoms with van der Waals surface area (Å²) in [6.45, 7) is 9.82. The molecule has 1 aromatic heterocycles. The van der Waals surface area contributed by atoms with Crippen LogP contribution in [0.15, 0.2) is 66.9 Å². The van der Waals surface area contributed by atoms with Gasteiger partial charge in [-0.15, -0.1) is 0 Å². The Kier molecular flexibility index (Phi) is 7.28. The predicted molar refractivity (Wildman–Crippen MR) is 123 cm³/mol. The van der Waals surface area contributed by atoms with Gasteiger partial charge in [0.25, 0.3) is 5.91 Å². The molecule has 0 radical (unpaired) electrons. The van der Waals surface area contributed by atoms with E-state index in [1.807, 2.05) is 24.3 Å². The molecule has 174 valence electrons. The largest absolute Gasteiger partial charge is 0.378 e. The molecule has 3 rings (SSSR count). The standard InChI is InChI=1S/C25H28F2N4O2/c1-15(16(2)29-24(33)23(32)18-10-19(26)12-20(27)11-18)28-22-13-21(30-31-22)25(3,4)14-17-8-6-5-7-9-17/h5-13,16,23,32H,1,14H2,2-4H3,(H,29,33)(H2,28,30,31)/t16-,23-/m0/s1. The van der Waals surface area contributed by atoms with Gasteiger partial charge in [0, 0.05) is 28.9 Å². The Hall–Kier alpha value is -3.52. The van der Waals surface area contributed by atoms with Crippen molar-refractivity contribution in [3.05, 3.63) is 95.3 Å². The van der Waals surface area contributed by atoms with E-state index in [0.29, 0.717) is 17.6 Å². The summed E-state index contributed by atoms with van der Waals surface area (Å²) in [4.78, 5) is 12.3. The Morgan fingerprint density at radius 3 is 2.42 bits per heavy atom. The number of nitrogens with one attached hydrogen (secondary N) is 3. The van der Waals surface area contributed by atoms with Crippen LogP contribution in [0.4, 0.5) is 14.6 Å². The predicted octanol–water partition coefficient (Wildman–Crippen LogP) is 4.37. The van der Waals surface area contributed by atoms with Gasteiger partial charge in [-0.3, -0.25) is 9.89 Å². The van der Waals surface area contributed by atoms with Gasteiger partial charge in [-0.05, 0) is 36.6 Å². The highest BCUT2D eigenvalue weighted by molar-refractivity contribution is 5.82. The van der Waals surface area contributed by atoms with Crippen molar-refractivity contribution in [1.82, 2.24) is 15.5 Å². The second-order valence-corrected chi connectivity index (χ2v) is 8.70. The maximum atomic E-state index is 13.4. The number of hydrogen-bond donors (Lipinski definition) is 4. The number of aliphatic hydroxyl groups is 1. The Morgan fingerprint density at radius 1 is 1.15 bits per heavy atom. The summed E-state index contributed by atoms with van der Waals surface area (Å²) < 4.78 is 26.8. The zero-order valence-corrected chi connectivity index (χ0v) is 18.8. The van der Waals surface area contributed by atoms with Crippen LogP contribution >= 0.6 is 0 Å². The SMILES string of the molecule is C=C(Nc1cc(C(C)(C)Cc2ccccc2)[nH]n1)[C@H](C)NC(=O)[C@@H](O)c1cc(F)cc(F)c1. The first-order chi connectivity index (χ1) is 15.5. The van der Waals surface area contributed by atoms with Crippen LogP contribution in [0.3, 0.4) is 0 Å². The van der Waals surface area contributed by atoms with Crippen molar-refractivity contribution in [3.8, 4) is 0 Å². The van der Waals surface area contributed by atoms with Gasteiger partial charge in [-0.2, -0.15) is 5.10 Å². The van der Waals surface area contributed by atoms with E-state index in [2.05, 4.69) is 53.4 Å². The number of halogens is 2. The zero-order chi connectivity index (χ0) is 24.2. The minimum absolute atomic E-state index is 0.173. The number of rotatable bonds is 9. The Bertz CT molecular complexity index is 1110. The molecule has 8 heteroatoms. The summed E-state index contributed by atoms with van der Waals surface area (Å²) in [5, 5.41) is 23.1. The zero-order valence-electron chi connectivity index (χ0n) is 18.8. The van der Waals surface area contributed by atoms with Crippen molar-refractivity contribution >= 4 is 11.7 Å². The molecule has 1 heterocycles. The molecular weight excluding hydrogens is 426 g/mol. The number of hydrogen-bond acceptors (Lipinski definition) is 4. The number of aliphatic hydroxyl groups excluding tert-OH is 1. The average molecular weight is 455 g/mol. The normalized spacial score (nSPS) is 13.3. The van der Waals surface area contributed by atoms with Crippen molar-refractivity contribution in [2.45, 2.75) is 44.8 Å². The van der Waals surface area contributed by atoms with Crippen LogP contribution < -0.4 is 10.6 Å². The number of H-pyrrole nitrogens is 1. The van der Waals surface area contributed by atoms with Gasteiger partial charge in [0.15, 0.2) is 11.9 Å². The lowest BCUT2D eigenvalue weighted by Gasteiger charge is -2.23. The van der Waals surface area contributed by atoms with Crippen molar-refractivity contribution in [3.63, 3.8) is 0 Å². The molecule has 2 aromatic carbocycles. The molecule has 33 heavy (non-hydrogen) atoms. The number of carbonyl (C=O) groups is 1. The molecule has 0 aliphatic carbocycles. The molecule has 0 saturated carbocycles. The second kappa shape index (κ2) is 9.95. The molecule has 1 amide bonds. The number of anilines is 1. The van der Waals surface area contributed by atoms with E-state index in [1.54, 1.807) is 6.92 Å². The molecule has 3 aromatic rings. The van der Waals surface area contributed by atoms with Gasteiger partial charge in [-0.25, -0.2) is 8.78 Å². The van der Waals surface area contributed by atoms with Crippen molar-refractivity contribution in [1.29, 1.82) is 0 Å². The van der Waals surface area contributed by atoms with Gasteiger partial charge in [0.1, 0.15) is 11.6 Å². The number of aromatic amines is 1. The quantitative estimate of drug-likeness (QED) is 0.387. The summed E-state index contributed by atoms with van der Waals surface area (Å²) in [7, 11) is 0.